The van der Waals surface area contributed by atoms with E-state index in [1.165, 1.54) is 0 Å². The Bertz CT molecular complexity index is 686. The van der Waals surface area contributed by atoms with Gasteiger partial charge in [-0.2, -0.15) is 0 Å². The van der Waals surface area contributed by atoms with Crippen LogP contribution in [0.2, 0.25) is 0 Å². The maximum atomic E-state index is 12.1. The predicted molar refractivity (Wildman–Crippen MR) is 98.4 cm³/mol. The fourth-order valence-corrected chi connectivity index (χ4v) is 2.62. The first-order chi connectivity index (χ1) is 10.5. The molecule has 0 aliphatic carbocycles. The van der Waals surface area contributed by atoms with E-state index in [1.54, 1.807) is 12.1 Å². The van der Waals surface area contributed by atoms with E-state index in [1.807, 2.05) is 30.3 Å². The number of carbonyl (C=O) groups excluding carboxylic acids is 1. The molecule has 2 aromatic carbocycles. The second-order valence-electron chi connectivity index (χ2n) is 5.16. The molecule has 0 saturated carbocycles. The van der Waals surface area contributed by atoms with E-state index in [0.717, 1.165) is 15.7 Å². The van der Waals surface area contributed by atoms with Gasteiger partial charge in [0.1, 0.15) is 0 Å². The lowest BCUT2D eigenvalue weighted by molar-refractivity contribution is 0.0977. The molecule has 0 aliphatic rings. The van der Waals surface area contributed by atoms with Crippen molar-refractivity contribution in [2.45, 2.75) is 19.8 Å². The number of benzene rings is 2. The summed E-state index contributed by atoms with van der Waals surface area (Å²) in [5.41, 5.74) is 2.61. The van der Waals surface area contributed by atoms with Gasteiger partial charge < -0.3 is 5.32 Å². The van der Waals surface area contributed by atoms with Gasteiger partial charge in [-0.3, -0.25) is 10.1 Å². The summed E-state index contributed by atoms with van der Waals surface area (Å²) in [6, 6.07) is 14.9. The molecule has 0 radical (unpaired) electrons. The molecule has 0 heterocycles. The lowest BCUT2D eigenvalue weighted by Gasteiger charge is -2.16. The minimum absolute atomic E-state index is 0.221. The number of thiocarbonyl (C=S) groups is 1. The van der Waals surface area contributed by atoms with Gasteiger partial charge >= 0.3 is 0 Å². The Kier molecular flexibility index (Phi) is 5.69. The third-order valence-corrected chi connectivity index (χ3v) is 3.84. The molecule has 0 saturated heterocycles. The van der Waals surface area contributed by atoms with Crippen molar-refractivity contribution < 1.29 is 4.79 Å². The van der Waals surface area contributed by atoms with Crippen molar-refractivity contribution in [3.8, 4) is 0 Å². The average Bonchev–Trinajstić information content (AvgIpc) is 2.49. The minimum atomic E-state index is -0.221. The number of hydrogen-bond donors (Lipinski definition) is 2. The molecule has 0 spiro atoms. The van der Waals surface area contributed by atoms with Crippen molar-refractivity contribution in [1.29, 1.82) is 0 Å². The van der Waals surface area contributed by atoms with Crippen molar-refractivity contribution in [1.82, 2.24) is 5.32 Å². The van der Waals surface area contributed by atoms with Gasteiger partial charge in [0.2, 0.25) is 0 Å². The molecular weight excluding hydrogens is 360 g/mol. The van der Waals surface area contributed by atoms with Crippen LogP contribution in [0.15, 0.2) is 53.0 Å². The van der Waals surface area contributed by atoms with Gasteiger partial charge in [-0.15, -0.1) is 0 Å². The van der Waals surface area contributed by atoms with E-state index in [4.69, 9.17) is 12.2 Å². The van der Waals surface area contributed by atoms with E-state index in [2.05, 4.69) is 46.5 Å². The van der Waals surface area contributed by atoms with Gasteiger partial charge in [0, 0.05) is 15.7 Å². The van der Waals surface area contributed by atoms with Crippen LogP contribution in [-0.4, -0.2) is 11.0 Å². The van der Waals surface area contributed by atoms with Gasteiger partial charge in [0.25, 0.3) is 5.91 Å². The standard InChI is InChI=1S/C17H17BrN2OS/c1-11(2)14-10-13(18)8-9-15(14)19-17(22)20-16(21)12-6-4-3-5-7-12/h3-11H,1-2H3,(H2,19,20,21,22). The Morgan fingerprint density at radius 3 is 2.45 bits per heavy atom. The SMILES string of the molecule is CC(C)c1cc(Br)ccc1NC(=S)NC(=O)c1ccccc1. The fourth-order valence-electron chi connectivity index (χ4n) is 2.04. The monoisotopic (exact) mass is 376 g/mol. The summed E-state index contributed by atoms with van der Waals surface area (Å²) in [5, 5.41) is 6.08. The van der Waals surface area contributed by atoms with E-state index >= 15 is 0 Å². The summed E-state index contributed by atoms with van der Waals surface area (Å²) >= 11 is 8.71. The highest BCUT2D eigenvalue weighted by molar-refractivity contribution is 9.10. The quantitative estimate of drug-likeness (QED) is 0.762. The second kappa shape index (κ2) is 7.51. The Morgan fingerprint density at radius 1 is 1.14 bits per heavy atom. The van der Waals surface area contributed by atoms with Crippen LogP contribution in [0, 0.1) is 0 Å². The summed E-state index contributed by atoms with van der Waals surface area (Å²) in [7, 11) is 0. The molecule has 0 bridgehead atoms. The summed E-state index contributed by atoms with van der Waals surface area (Å²) in [6.07, 6.45) is 0. The van der Waals surface area contributed by atoms with Crippen molar-refractivity contribution in [3.05, 3.63) is 64.1 Å². The van der Waals surface area contributed by atoms with Crippen LogP contribution >= 0.6 is 28.1 Å². The molecule has 2 N–H and O–H groups in total. The van der Waals surface area contributed by atoms with E-state index in [-0.39, 0.29) is 11.0 Å². The average molecular weight is 377 g/mol. The highest BCUT2D eigenvalue weighted by atomic mass is 79.9. The van der Waals surface area contributed by atoms with Crippen LogP contribution in [0.4, 0.5) is 5.69 Å². The first-order valence-electron chi connectivity index (χ1n) is 6.94. The second-order valence-corrected chi connectivity index (χ2v) is 6.48. The number of hydrogen-bond acceptors (Lipinski definition) is 2. The topological polar surface area (TPSA) is 41.1 Å². The van der Waals surface area contributed by atoms with Crippen molar-refractivity contribution >= 4 is 44.9 Å². The lowest BCUT2D eigenvalue weighted by atomic mass is 10.0. The third-order valence-electron chi connectivity index (χ3n) is 3.15. The maximum absolute atomic E-state index is 12.1. The number of amides is 1. The molecule has 5 heteroatoms. The van der Waals surface area contributed by atoms with E-state index in [9.17, 15) is 4.79 Å². The Balaban J connectivity index is 2.08. The molecule has 2 aromatic rings. The number of rotatable bonds is 3. The van der Waals surface area contributed by atoms with Crippen LogP contribution in [0.1, 0.15) is 35.7 Å². The molecular formula is C17H17BrN2OS. The van der Waals surface area contributed by atoms with Crippen molar-refractivity contribution in [2.24, 2.45) is 0 Å². The Morgan fingerprint density at radius 2 is 1.82 bits per heavy atom. The summed E-state index contributed by atoms with van der Waals surface area (Å²) in [6.45, 7) is 4.22. The molecule has 0 fully saturated rings. The highest BCUT2D eigenvalue weighted by Gasteiger charge is 2.11. The highest BCUT2D eigenvalue weighted by Crippen LogP contribution is 2.27. The normalized spacial score (nSPS) is 10.4. The zero-order valence-electron chi connectivity index (χ0n) is 12.4. The van der Waals surface area contributed by atoms with Crippen LogP contribution in [0.3, 0.4) is 0 Å². The summed E-state index contributed by atoms with van der Waals surface area (Å²) < 4.78 is 1.01. The van der Waals surface area contributed by atoms with Gasteiger partial charge in [0.15, 0.2) is 5.11 Å². The lowest BCUT2D eigenvalue weighted by Crippen LogP contribution is -2.34. The molecule has 3 nitrogen and oxygen atoms in total. The molecule has 0 aliphatic heterocycles. The largest absolute Gasteiger partial charge is 0.332 e. The first-order valence-corrected chi connectivity index (χ1v) is 8.14. The summed E-state index contributed by atoms with van der Waals surface area (Å²) in [4.78, 5) is 12.1. The molecule has 22 heavy (non-hydrogen) atoms. The Hall–Kier alpha value is -1.72. The molecule has 0 unspecified atom stereocenters. The minimum Gasteiger partial charge on any atom is -0.332 e. The molecule has 0 aromatic heterocycles. The molecule has 0 atom stereocenters. The van der Waals surface area contributed by atoms with Gasteiger partial charge in [-0.1, -0.05) is 48.0 Å². The molecule has 114 valence electrons. The van der Waals surface area contributed by atoms with E-state index in [0.29, 0.717) is 11.5 Å². The smallest absolute Gasteiger partial charge is 0.257 e. The maximum Gasteiger partial charge on any atom is 0.257 e. The van der Waals surface area contributed by atoms with E-state index < -0.39 is 0 Å². The molecule has 1 amide bonds. The van der Waals surface area contributed by atoms with Crippen LogP contribution in [0.5, 0.6) is 0 Å². The zero-order chi connectivity index (χ0) is 16.1. The van der Waals surface area contributed by atoms with Crippen LogP contribution in [-0.2, 0) is 0 Å². The van der Waals surface area contributed by atoms with Gasteiger partial charge in [-0.25, -0.2) is 0 Å². The third kappa shape index (κ3) is 4.39. The van der Waals surface area contributed by atoms with Crippen molar-refractivity contribution in [2.75, 3.05) is 5.32 Å². The van der Waals surface area contributed by atoms with Gasteiger partial charge in [0.05, 0.1) is 0 Å². The summed E-state index contributed by atoms with van der Waals surface area (Å²) in [5.74, 6) is 0.119. The fraction of sp³-hybridized carbons (Fsp3) is 0.176. The van der Waals surface area contributed by atoms with Crippen LogP contribution < -0.4 is 10.6 Å². The number of carbonyl (C=O) groups is 1. The first kappa shape index (κ1) is 16.6. The van der Waals surface area contributed by atoms with Crippen molar-refractivity contribution in [3.63, 3.8) is 0 Å². The number of halogens is 1. The van der Waals surface area contributed by atoms with Gasteiger partial charge in [-0.05, 0) is 54.0 Å². The predicted octanol–water partition coefficient (Wildman–Crippen LogP) is 4.70. The number of anilines is 1. The Labute approximate surface area is 144 Å². The molecule has 2 rings (SSSR count). The zero-order valence-corrected chi connectivity index (χ0v) is 14.8. The number of nitrogens with one attached hydrogen (secondary N) is 2. The van der Waals surface area contributed by atoms with Crippen LogP contribution in [0.25, 0.3) is 0 Å².